The molecule has 3 nitrogen and oxygen atoms in total. The number of hydrogen-bond donors (Lipinski definition) is 1. The van der Waals surface area contributed by atoms with Crippen LogP contribution in [0.5, 0.6) is 0 Å². The van der Waals surface area contributed by atoms with Crippen molar-refractivity contribution in [2.75, 3.05) is 7.11 Å². The van der Waals surface area contributed by atoms with Gasteiger partial charge in [0.1, 0.15) is 6.04 Å². The largest absolute Gasteiger partial charge is 0.468 e. The molecule has 0 aliphatic rings. The van der Waals surface area contributed by atoms with Gasteiger partial charge in [-0.15, -0.1) is 0 Å². The number of aryl methyl sites for hydroxylation is 2. The molecule has 1 aromatic rings. The molecule has 0 fully saturated rings. The zero-order chi connectivity index (χ0) is 13.4. The maximum Gasteiger partial charge on any atom is 0.322 e. The first-order valence-electron chi connectivity index (χ1n) is 6.58. The van der Waals surface area contributed by atoms with Gasteiger partial charge in [-0.25, -0.2) is 0 Å². The van der Waals surface area contributed by atoms with Crippen molar-refractivity contribution >= 4 is 5.97 Å². The lowest BCUT2D eigenvalue weighted by molar-refractivity contribution is -0.142. The minimum atomic E-state index is -0.491. The van der Waals surface area contributed by atoms with Gasteiger partial charge in [0, 0.05) is 0 Å². The Morgan fingerprint density at radius 2 is 1.78 bits per heavy atom. The average Bonchev–Trinajstić information content (AvgIpc) is 2.40. The number of carbonyl (C=O) groups excluding carboxylic acids is 1. The van der Waals surface area contributed by atoms with Gasteiger partial charge in [-0.05, 0) is 36.8 Å². The molecule has 0 aromatic heterocycles. The van der Waals surface area contributed by atoms with Crippen molar-refractivity contribution < 1.29 is 9.53 Å². The van der Waals surface area contributed by atoms with E-state index in [0.717, 1.165) is 19.3 Å². The average molecular weight is 249 g/mol. The summed E-state index contributed by atoms with van der Waals surface area (Å²) >= 11 is 0. The van der Waals surface area contributed by atoms with Gasteiger partial charge in [0.25, 0.3) is 0 Å². The van der Waals surface area contributed by atoms with Crippen LogP contribution in [0.1, 0.15) is 37.3 Å². The fourth-order valence-electron chi connectivity index (χ4n) is 1.96. The number of benzene rings is 1. The summed E-state index contributed by atoms with van der Waals surface area (Å²) in [7, 11) is 1.37. The van der Waals surface area contributed by atoms with Crippen molar-refractivity contribution in [1.29, 1.82) is 0 Å². The highest BCUT2D eigenvalue weighted by Gasteiger charge is 2.12. The molecule has 0 saturated carbocycles. The van der Waals surface area contributed by atoms with Gasteiger partial charge in [-0.2, -0.15) is 0 Å². The van der Waals surface area contributed by atoms with E-state index in [1.165, 1.54) is 24.7 Å². The lowest BCUT2D eigenvalue weighted by atomic mass is 10.0. The van der Waals surface area contributed by atoms with Crippen molar-refractivity contribution in [3.05, 3.63) is 35.4 Å². The van der Waals surface area contributed by atoms with E-state index in [1.54, 1.807) is 0 Å². The van der Waals surface area contributed by atoms with Crippen LogP contribution in [0.2, 0.25) is 0 Å². The summed E-state index contributed by atoms with van der Waals surface area (Å²) in [5, 5.41) is 0. The van der Waals surface area contributed by atoms with E-state index >= 15 is 0 Å². The summed E-state index contributed by atoms with van der Waals surface area (Å²) in [6.45, 7) is 2.18. The minimum Gasteiger partial charge on any atom is -0.468 e. The van der Waals surface area contributed by atoms with Crippen LogP contribution in [-0.4, -0.2) is 19.1 Å². The Morgan fingerprint density at radius 1 is 1.22 bits per heavy atom. The van der Waals surface area contributed by atoms with Crippen LogP contribution >= 0.6 is 0 Å². The molecule has 2 N–H and O–H groups in total. The maximum atomic E-state index is 11.1. The second kappa shape index (κ2) is 7.88. The maximum absolute atomic E-state index is 11.1. The zero-order valence-corrected chi connectivity index (χ0v) is 11.3. The summed E-state index contributed by atoms with van der Waals surface area (Å²) in [5.41, 5.74) is 8.36. The fraction of sp³-hybridized carbons (Fsp3) is 0.533. The summed E-state index contributed by atoms with van der Waals surface area (Å²) in [5.74, 6) is -0.326. The molecule has 0 aliphatic heterocycles. The van der Waals surface area contributed by atoms with Crippen molar-refractivity contribution in [1.82, 2.24) is 0 Å². The molecule has 100 valence electrons. The second-order valence-corrected chi connectivity index (χ2v) is 4.59. The summed E-state index contributed by atoms with van der Waals surface area (Å²) < 4.78 is 4.59. The quantitative estimate of drug-likeness (QED) is 0.755. The first-order chi connectivity index (χ1) is 8.67. The summed E-state index contributed by atoms with van der Waals surface area (Å²) in [6, 6.07) is 8.19. The Balaban J connectivity index is 2.33. The first kappa shape index (κ1) is 14.7. The van der Waals surface area contributed by atoms with E-state index in [9.17, 15) is 4.79 Å². The highest BCUT2D eigenvalue weighted by atomic mass is 16.5. The van der Waals surface area contributed by atoms with E-state index in [1.807, 2.05) is 0 Å². The number of ether oxygens (including phenoxy) is 1. The van der Waals surface area contributed by atoms with E-state index in [4.69, 9.17) is 5.73 Å². The number of carbonyl (C=O) groups is 1. The van der Waals surface area contributed by atoms with Crippen LogP contribution in [0.15, 0.2) is 24.3 Å². The van der Waals surface area contributed by atoms with Crippen LogP contribution in [0.25, 0.3) is 0 Å². The molecule has 1 atom stereocenters. The standard InChI is InChI=1S/C15H23NO2/c1-3-5-12-8-10-13(11-9-12)6-4-7-14(16)15(17)18-2/h8-11,14H,3-7,16H2,1-2H3. The highest BCUT2D eigenvalue weighted by Crippen LogP contribution is 2.10. The molecule has 0 heterocycles. The molecular formula is C15H23NO2. The molecule has 18 heavy (non-hydrogen) atoms. The van der Waals surface area contributed by atoms with Crippen LogP contribution in [0, 0.1) is 0 Å². The van der Waals surface area contributed by atoms with Gasteiger partial charge in [0.15, 0.2) is 0 Å². The number of nitrogens with two attached hydrogens (primary N) is 1. The molecule has 3 heteroatoms. The van der Waals surface area contributed by atoms with Gasteiger partial charge in [-0.3, -0.25) is 4.79 Å². The number of esters is 1. The van der Waals surface area contributed by atoms with Gasteiger partial charge in [0.2, 0.25) is 0 Å². The predicted molar refractivity (Wildman–Crippen MR) is 73.4 cm³/mol. The van der Waals surface area contributed by atoms with E-state index < -0.39 is 6.04 Å². The van der Waals surface area contributed by atoms with Gasteiger partial charge in [-0.1, -0.05) is 37.6 Å². The first-order valence-corrected chi connectivity index (χ1v) is 6.58. The molecule has 0 bridgehead atoms. The molecule has 0 amide bonds. The van der Waals surface area contributed by atoms with Crippen LogP contribution < -0.4 is 5.73 Å². The molecule has 1 rings (SSSR count). The predicted octanol–water partition coefficient (Wildman–Crippen LogP) is 2.46. The normalized spacial score (nSPS) is 12.2. The SMILES string of the molecule is CCCc1ccc(CCCC(N)C(=O)OC)cc1. The Bertz CT molecular complexity index is 359. The molecule has 0 radical (unpaired) electrons. The fourth-order valence-corrected chi connectivity index (χ4v) is 1.96. The third kappa shape index (κ3) is 4.88. The van der Waals surface area contributed by atoms with Gasteiger partial charge in [0.05, 0.1) is 7.11 Å². The van der Waals surface area contributed by atoms with Crippen molar-refractivity contribution in [2.24, 2.45) is 5.73 Å². The van der Waals surface area contributed by atoms with E-state index in [-0.39, 0.29) is 5.97 Å². The third-order valence-electron chi connectivity index (χ3n) is 3.05. The van der Waals surface area contributed by atoms with Gasteiger partial charge >= 0.3 is 5.97 Å². The molecule has 0 aliphatic carbocycles. The Hall–Kier alpha value is -1.35. The molecular weight excluding hydrogens is 226 g/mol. The monoisotopic (exact) mass is 249 g/mol. The number of methoxy groups -OCH3 is 1. The second-order valence-electron chi connectivity index (χ2n) is 4.59. The smallest absolute Gasteiger partial charge is 0.322 e. The zero-order valence-electron chi connectivity index (χ0n) is 11.3. The lowest BCUT2D eigenvalue weighted by Gasteiger charge is -2.09. The molecule has 0 saturated heterocycles. The highest BCUT2D eigenvalue weighted by molar-refractivity contribution is 5.75. The van der Waals surface area contributed by atoms with Crippen molar-refractivity contribution in [3.63, 3.8) is 0 Å². The Kier molecular flexibility index (Phi) is 6.44. The summed E-state index contributed by atoms with van der Waals surface area (Å²) in [4.78, 5) is 11.1. The molecule has 1 unspecified atom stereocenters. The Labute approximate surface area is 109 Å². The number of hydrogen-bond acceptors (Lipinski definition) is 3. The molecule has 1 aromatic carbocycles. The summed E-state index contributed by atoms with van der Waals surface area (Å²) in [6.07, 6.45) is 4.84. The van der Waals surface area contributed by atoms with Crippen molar-refractivity contribution in [3.8, 4) is 0 Å². The Morgan fingerprint density at radius 3 is 2.28 bits per heavy atom. The lowest BCUT2D eigenvalue weighted by Crippen LogP contribution is -2.31. The van der Waals surface area contributed by atoms with Gasteiger partial charge < -0.3 is 10.5 Å². The topological polar surface area (TPSA) is 52.3 Å². The van der Waals surface area contributed by atoms with Crippen LogP contribution in [0.3, 0.4) is 0 Å². The van der Waals surface area contributed by atoms with Crippen LogP contribution in [0.4, 0.5) is 0 Å². The van der Waals surface area contributed by atoms with Crippen LogP contribution in [-0.2, 0) is 22.4 Å². The van der Waals surface area contributed by atoms with E-state index in [0.29, 0.717) is 6.42 Å². The van der Waals surface area contributed by atoms with Crippen molar-refractivity contribution in [2.45, 2.75) is 45.1 Å². The van der Waals surface area contributed by atoms with E-state index in [2.05, 4.69) is 35.9 Å². The minimum absolute atomic E-state index is 0.326. The number of rotatable bonds is 7. The molecule has 0 spiro atoms. The third-order valence-corrected chi connectivity index (χ3v) is 3.05.